The van der Waals surface area contributed by atoms with Crippen molar-refractivity contribution < 1.29 is 22.4 Å². The monoisotopic (exact) mass is 448 g/mol. The first-order valence-corrected chi connectivity index (χ1v) is 11.4. The van der Waals surface area contributed by atoms with Crippen molar-refractivity contribution >= 4 is 38.1 Å². The third kappa shape index (κ3) is 3.03. The number of hydrogen-bond acceptors (Lipinski definition) is 5. The maximum atomic E-state index is 13.2. The van der Waals surface area contributed by atoms with Gasteiger partial charge in [0, 0.05) is 23.4 Å². The predicted molar refractivity (Wildman–Crippen MR) is 123 cm³/mol. The van der Waals surface area contributed by atoms with E-state index >= 15 is 0 Å². The van der Waals surface area contributed by atoms with E-state index < -0.39 is 10.0 Å². The van der Waals surface area contributed by atoms with Crippen LogP contribution in [0.15, 0.2) is 70.0 Å². The molecule has 8 heteroatoms. The van der Waals surface area contributed by atoms with Crippen molar-refractivity contribution in [1.29, 1.82) is 0 Å². The van der Waals surface area contributed by atoms with Crippen molar-refractivity contribution in [2.45, 2.75) is 11.8 Å². The first-order chi connectivity index (χ1) is 15.3. The molecule has 0 aliphatic carbocycles. The minimum atomic E-state index is -3.95. The average Bonchev–Trinajstić information content (AvgIpc) is 3.33. The Labute approximate surface area is 185 Å². The van der Waals surface area contributed by atoms with Crippen LogP contribution in [0.3, 0.4) is 0 Å². The molecule has 5 rings (SSSR count). The third-order valence-corrected chi connectivity index (χ3v) is 7.02. The van der Waals surface area contributed by atoms with Crippen LogP contribution in [0.2, 0.25) is 0 Å². The molecule has 0 saturated carbocycles. The lowest BCUT2D eigenvalue weighted by atomic mass is 9.99. The molecule has 0 fully saturated rings. The standard InChI is InChI=1S/C24H20N2O5S/c1-14-8-11-20(31-14)15-12-16-18(9-10-19-23(16)17(13-15)24(27)26(19)2)25-32(28,29)22-7-5-4-6-21(22)30-3/h4-13,25H,1-3H3. The second-order valence-electron chi connectivity index (χ2n) is 7.61. The van der Waals surface area contributed by atoms with E-state index in [4.69, 9.17) is 9.15 Å². The van der Waals surface area contributed by atoms with Gasteiger partial charge in [-0.1, -0.05) is 12.1 Å². The van der Waals surface area contributed by atoms with Crippen molar-refractivity contribution in [3.05, 3.63) is 72.0 Å². The normalized spacial score (nSPS) is 13.1. The molecule has 1 aliphatic heterocycles. The fourth-order valence-electron chi connectivity index (χ4n) is 4.07. The second kappa shape index (κ2) is 7.13. The molecule has 0 radical (unpaired) electrons. The lowest BCUT2D eigenvalue weighted by Gasteiger charge is -2.15. The number of nitrogens with one attached hydrogen (secondary N) is 1. The fraction of sp³-hybridized carbons (Fsp3) is 0.125. The van der Waals surface area contributed by atoms with Crippen molar-refractivity contribution in [3.8, 4) is 17.1 Å². The topological polar surface area (TPSA) is 88.9 Å². The van der Waals surface area contributed by atoms with E-state index in [9.17, 15) is 13.2 Å². The van der Waals surface area contributed by atoms with Crippen LogP contribution in [0.1, 0.15) is 16.1 Å². The Hall–Kier alpha value is -3.78. The molecule has 32 heavy (non-hydrogen) atoms. The molecule has 162 valence electrons. The minimum absolute atomic E-state index is 0.0285. The van der Waals surface area contributed by atoms with Crippen LogP contribution in [0.4, 0.5) is 11.4 Å². The van der Waals surface area contributed by atoms with E-state index in [1.807, 2.05) is 25.1 Å². The molecule has 3 aromatic carbocycles. The highest BCUT2D eigenvalue weighted by molar-refractivity contribution is 7.92. The first-order valence-electron chi connectivity index (χ1n) is 9.91. The Bertz CT molecular complexity index is 1500. The quantitative estimate of drug-likeness (QED) is 0.473. The van der Waals surface area contributed by atoms with Gasteiger partial charge in [0.1, 0.15) is 22.2 Å². The molecule has 0 spiro atoms. The van der Waals surface area contributed by atoms with Crippen LogP contribution in [-0.2, 0) is 10.0 Å². The number of para-hydroxylation sites is 1. The number of furan rings is 1. The molecule has 2 heterocycles. The summed E-state index contributed by atoms with van der Waals surface area (Å²) in [5.41, 5.74) is 2.29. The number of sulfonamides is 1. The summed E-state index contributed by atoms with van der Waals surface area (Å²) in [5, 5.41) is 1.31. The minimum Gasteiger partial charge on any atom is -0.495 e. The highest BCUT2D eigenvalue weighted by Crippen LogP contribution is 2.43. The van der Waals surface area contributed by atoms with Gasteiger partial charge >= 0.3 is 0 Å². The van der Waals surface area contributed by atoms with Crippen molar-refractivity contribution in [2.75, 3.05) is 23.8 Å². The molecular formula is C24H20N2O5S. The summed E-state index contributed by atoms with van der Waals surface area (Å²) < 4.78 is 40.1. The number of rotatable bonds is 5. The van der Waals surface area contributed by atoms with Crippen LogP contribution in [0.5, 0.6) is 5.75 Å². The predicted octanol–water partition coefficient (Wildman–Crippen LogP) is 4.81. The largest absolute Gasteiger partial charge is 0.495 e. The Morgan fingerprint density at radius 1 is 1.03 bits per heavy atom. The van der Waals surface area contributed by atoms with Gasteiger partial charge in [0.05, 0.1) is 24.0 Å². The Morgan fingerprint density at radius 2 is 1.81 bits per heavy atom. The zero-order valence-corrected chi connectivity index (χ0v) is 18.5. The van der Waals surface area contributed by atoms with Crippen LogP contribution in [0.25, 0.3) is 22.1 Å². The maximum absolute atomic E-state index is 13.2. The Kier molecular flexibility index (Phi) is 4.49. The van der Waals surface area contributed by atoms with Gasteiger partial charge in [0.15, 0.2) is 0 Å². The molecule has 7 nitrogen and oxygen atoms in total. The fourth-order valence-corrected chi connectivity index (χ4v) is 5.32. The lowest BCUT2D eigenvalue weighted by molar-refractivity contribution is 0.0999. The highest BCUT2D eigenvalue weighted by Gasteiger charge is 2.30. The number of methoxy groups -OCH3 is 1. The smallest absolute Gasteiger partial charge is 0.265 e. The van der Waals surface area contributed by atoms with Gasteiger partial charge in [0.2, 0.25) is 0 Å². The molecule has 1 amide bonds. The molecular weight excluding hydrogens is 428 g/mol. The lowest BCUT2D eigenvalue weighted by Crippen LogP contribution is -2.20. The van der Waals surface area contributed by atoms with Crippen LogP contribution >= 0.6 is 0 Å². The molecule has 1 aromatic heterocycles. The van der Waals surface area contributed by atoms with Crippen molar-refractivity contribution in [1.82, 2.24) is 0 Å². The summed E-state index contributed by atoms with van der Waals surface area (Å²) in [5.74, 6) is 1.44. The summed E-state index contributed by atoms with van der Waals surface area (Å²) in [6.07, 6.45) is 0. The number of anilines is 2. The summed E-state index contributed by atoms with van der Waals surface area (Å²) in [4.78, 5) is 14.5. The molecule has 0 unspecified atom stereocenters. The molecule has 4 aromatic rings. The van der Waals surface area contributed by atoms with E-state index in [0.717, 1.165) is 11.4 Å². The maximum Gasteiger partial charge on any atom is 0.265 e. The Morgan fingerprint density at radius 3 is 2.53 bits per heavy atom. The van der Waals surface area contributed by atoms with E-state index in [0.29, 0.717) is 33.3 Å². The summed E-state index contributed by atoms with van der Waals surface area (Å²) >= 11 is 0. The van der Waals surface area contributed by atoms with Gasteiger partial charge in [-0.05, 0) is 55.5 Å². The van der Waals surface area contributed by atoms with Gasteiger partial charge in [-0.2, -0.15) is 0 Å². The number of ether oxygens (including phenoxy) is 1. The number of carbonyl (C=O) groups excluding carboxylic acids is 1. The first kappa shape index (κ1) is 20.1. The van der Waals surface area contributed by atoms with Crippen LogP contribution in [-0.4, -0.2) is 28.5 Å². The molecule has 1 N–H and O–H groups in total. The van der Waals surface area contributed by atoms with Gasteiger partial charge in [-0.3, -0.25) is 9.52 Å². The summed E-state index contributed by atoms with van der Waals surface area (Å²) in [7, 11) is -0.826. The molecule has 0 saturated heterocycles. The van der Waals surface area contributed by atoms with E-state index in [2.05, 4.69) is 4.72 Å². The molecule has 0 bridgehead atoms. The van der Waals surface area contributed by atoms with Crippen molar-refractivity contribution in [2.24, 2.45) is 0 Å². The van der Waals surface area contributed by atoms with E-state index in [1.54, 1.807) is 48.3 Å². The average molecular weight is 449 g/mol. The number of carbonyl (C=O) groups is 1. The molecule has 0 atom stereocenters. The van der Waals surface area contributed by atoms with Gasteiger partial charge < -0.3 is 14.1 Å². The third-order valence-electron chi connectivity index (χ3n) is 5.62. The van der Waals surface area contributed by atoms with Crippen LogP contribution in [0, 0.1) is 6.92 Å². The van der Waals surface area contributed by atoms with Crippen LogP contribution < -0.4 is 14.4 Å². The van der Waals surface area contributed by atoms with E-state index in [1.165, 1.54) is 13.2 Å². The summed E-state index contributed by atoms with van der Waals surface area (Å²) in [6, 6.07) is 17.1. The number of aryl methyl sites for hydroxylation is 1. The summed E-state index contributed by atoms with van der Waals surface area (Å²) in [6.45, 7) is 1.84. The number of amides is 1. The van der Waals surface area contributed by atoms with Gasteiger partial charge in [0.25, 0.3) is 15.9 Å². The Balaban J connectivity index is 1.72. The zero-order chi connectivity index (χ0) is 22.6. The molecule has 1 aliphatic rings. The van der Waals surface area contributed by atoms with Gasteiger partial charge in [-0.25, -0.2) is 8.42 Å². The van der Waals surface area contributed by atoms with Crippen molar-refractivity contribution in [3.63, 3.8) is 0 Å². The second-order valence-corrected chi connectivity index (χ2v) is 9.26. The number of benzene rings is 3. The SMILES string of the molecule is COc1ccccc1S(=O)(=O)Nc1ccc2c3c(cc(-c4ccc(C)o4)cc13)C(=O)N2C. The number of nitrogens with zero attached hydrogens (tertiary/aromatic N) is 1. The zero-order valence-electron chi connectivity index (χ0n) is 17.7. The highest BCUT2D eigenvalue weighted by atomic mass is 32.2. The van der Waals surface area contributed by atoms with Gasteiger partial charge in [-0.15, -0.1) is 0 Å². The van der Waals surface area contributed by atoms with E-state index in [-0.39, 0.29) is 16.6 Å². The number of hydrogen-bond donors (Lipinski definition) is 1.